The van der Waals surface area contributed by atoms with Crippen LogP contribution in [0.3, 0.4) is 0 Å². The van der Waals surface area contributed by atoms with Crippen LogP contribution in [0.25, 0.3) is 11.0 Å². The molecular weight excluding hydrogens is 332 g/mol. The maximum absolute atomic E-state index is 9.76. The molecule has 1 aliphatic heterocycles. The molecule has 26 heavy (non-hydrogen) atoms. The Labute approximate surface area is 150 Å². The fourth-order valence-corrected chi connectivity index (χ4v) is 3.12. The number of rotatable bonds is 4. The summed E-state index contributed by atoms with van der Waals surface area (Å²) in [7, 11) is 0. The standard InChI is InChI=1S/C19H20N4O3/c1-11-8-18(25)22-23-19(11)12-6-7-13-14(9-12)21-17(20-13)10-26-16-5-3-2-4-15(16)24/h2-7,9,11,18,22,24-25H,8,10H2,1H3,(H,20,21). The molecule has 2 heterocycles. The average Bonchev–Trinajstić information content (AvgIpc) is 3.03. The number of hydrogen-bond donors (Lipinski definition) is 4. The maximum atomic E-state index is 9.76. The van der Waals surface area contributed by atoms with Crippen LogP contribution in [-0.4, -0.2) is 32.1 Å². The lowest BCUT2D eigenvalue weighted by atomic mass is 9.93. The zero-order valence-corrected chi connectivity index (χ0v) is 14.3. The first-order chi connectivity index (χ1) is 12.6. The summed E-state index contributed by atoms with van der Waals surface area (Å²) in [5.41, 5.74) is 6.36. The van der Waals surface area contributed by atoms with Gasteiger partial charge in [-0.05, 0) is 24.3 Å². The van der Waals surface area contributed by atoms with Crippen LogP contribution >= 0.6 is 0 Å². The molecule has 1 aliphatic rings. The zero-order chi connectivity index (χ0) is 18.1. The largest absolute Gasteiger partial charge is 0.504 e. The van der Waals surface area contributed by atoms with E-state index in [1.165, 1.54) is 0 Å². The SMILES string of the molecule is CC1CC(O)NN=C1c1ccc2nc(COc3ccccc3O)[nH]c2c1. The lowest BCUT2D eigenvalue weighted by Crippen LogP contribution is -2.35. The van der Waals surface area contributed by atoms with Gasteiger partial charge in [0, 0.05) is 17.9 Å². The fraction of sp³-hybridized carbons (Fsp3) is 0.263. The van der Waals surface area contributed by atoms with Crippen molar-refractivity contribution in [3.8, 4) is 11.5 Å². The van der Waals surface area contributed by atoms with Crippen molar-refractivity contribution in [3.63, 3.8) is 0 Å². The van der Waals surface area contributed by atoms with Gasteiger partial charge in [0.2, 0.25) is 0 Å². The normalized spacial score (nSPS) is 19.8. The van der Waals surface area contributed by atoms with E-state index in [0.717, 1.165) is 22.3 Å². The van der Waals surface area contributed by atoms with Crippen molar-refractivity contribution in [2.75, 3.05) is 0 Å². The van der Waals surface area contributed by atoms with Crippen LogP contribution in [-0.2, 0) is 6.61 Å². The highest BCUT2D eigenvalue weighted by Gasteiger charge is 2.22. The Morgan fingerprint density at radius 2 is 2.08 bits per heavy atom. The molecule has 0 bridgehead atoms. The number of nitrogens with one attached hydrogen (secondary N) is 2. The predicted octanol–water partition coefficient (Wildman–Crippen LogP) is 2.50. The van der Waals surface area contributed by atoms with Crippen LogP contribution in [0.4, 0.5) is 0 Å². The second kappa shape index (κ2) is 6.68. The summed E-state index contributed by atoms with van der Waals surface area (Å²) in [6, 6.07) is 12.7. The van der Waals surface area contributed by atoms with E-state index in [9.17, 15) is 10.2 Å². The van der Waals surface area contributed by atoms with Gasteiger partial charge in [-0.2, -0.15) is 5.10 Å². The molecule has 2 atom stereocenters. The van der Waals surface area contributed by atoms with E-state index < -0.39 is 6.23 Å². The summed E-state index contributed by atoms with van der Waals surface area (Å²) in [5, 5.41) is 23.7. The molecule has 2 unspecified atom stereocenters. The number of imidazole rings is 1. The summed E-state index contributed by atoms with van der Waals surface area (Å²) >= 11 is 0. The maximum Gasteiger partial charge on any atom is 0.161 e. The van der Waals surface area contributed by atoms with Crippen molar-refractivity contribution < 1.29 is 14.9 Å². The fourth-order valence-electron chi connectivity index (χ4n) is 3.12. The van der Waals surface area contributed by atoms with Crippen molar-refractivity contribution in [3.05, 3.63) is 53.9 Å². The van der Waals surface area contributed by atoms with Crippen LogP contribution in [0.2, 0.25) is 0 Å². The van der Waals surface area contributed by atoms with Gasteiger partial charge in [-0.25, -0.2) is 4.98 Å². The Morgan fingerprint density at radius 3 is 2.88 bits per heavy atom. The Kier molecular flexibility index (Phi) is 4.22. The molecule has 0 saturated heterocycles. The molecule has 0 amide bonds. The van der Waals surface area contributed by atoms with Gasteiger partial charge in [0.1, 0.15) is 18.7 Å². The molecule has 0 saturated carbocycles. The quantitative estimate of drug-likeness (QED) is 0.578. The van der Waals surface area contributed by atoms with Crippen LogP contribution in [0.5, 0.6) is 11.5 Å². The van der Waals surface area contributed by atoms with Crippen molar-refractivity contribution in [2.45, 2.75) is 26.2 Å². The highest BCUT2D eigenvalue weighted by molar-refractivity contribution is 6.04. The van der Waals surface area contributed by atoms with E-state index in [1.54, 1.807) is 24.3 Å². The van der Waals surface area contributed by atoms with Crippen molar-refractivity contribution in [1.29, 1.82) is 0 Å². The Hall–Kier alpha value is -3.06. The second-order valence-electron chi connectivity index (χ2n) is 6.45. The number of aromatic amines is 1. The van der Waals surface area contributed by atoms with E-state index in [-0.39, 0.29) is 18.3 Å². The summed E-state index contributed by atoms with van der Waals surface area (Å²) < 4.78 is 5.62. The third kappa shape index (κ3) is 3.21. The summed E-state index contributed by atoms with van der Waals surface area (Å²) in [6.45, 7) is 2.28. The van der Waals surface area contributed by atoms with E-state index in [4.69, 9.17) is 4.74 Å². The lowest BCUT2D eigenvalue weighted by molar-refractivity contribution is 0.114. The number of H-pyrrole nitrogens is 1. The number of nitrogens with zero attached hydrogens (tertiary/aromatic N) is 2. The molecule has 134 valence electrons. The van der Waals surface area contributed by atoms with Gasteiger partial charge in [0.25, 0.3) is 0 Å². The Balaban J connectivity index is 1.55. The number of aliphatic hydroxyl groups is 1. The number of aromatic nitrogens is 2. The first-order valence-electron chi connectivity index (χ1n) is 8.51. The van der Waals surface area contributed by atoms with E-state index in [2.05, 4.69) is 20.5 Å². The minimum Gasteiger partial charge on any atom is -0.504 e. The molecule has 7 heteroatoms. The van der Waals surface area contributed by atoms with Crippen LogP contribution in [0.15, 0.2) is 47.6 Å². The van der Waals surface area contributed by atoms with E-state index in [1.807, 2.05) is 25.1 Å². The number of benzene rings is 2. The second-order valence-corrected chi connectivity index (χ2v) is 6.45. The third-order valence-corrected chi connectivity index (χ3v) is 4.43. The number of aliphatic hydroxyl groups excluding tert-OH is 1. The minimum atomic E-state index is -0.595. The van der Waals surface area contributed by atoms with Gasteiger partial charge in [-0.3, -0.25) is 5.43 Å². The number of para-hydroxylation sites is 2. The molecular formula is C19H20N4O3. The van der Waals surface area contributed by atoms with Crippen molar-refractivity contribution in [2.24, 2.45) is 11.0 Å². The monoisotopic (exact) mass is 352 g/mol. The number of fused-ring (bicyclic) bond motifs is 1. The van der Waals surface area contributed by atoms with Gasteiger partial charge in [-0.1, -0.05) is 25.1 Å². The Bertz CT molecular complexity index is 966. The van der Waals surface area contributed by atoms with Gasteiger partial charge >= 0.3 is 0 Å². The first kappa shape index (κ1) is 16.4. The molecule has 7 nitrogen and oxygen atoms in total. The molecule has 0 spiro atoms. The van der Waals surface area contributed by atoms with Gasteiger partial charge in [-0.15, -0.1) is 0 Å². The summed E-state index contributed by atoms with van der Waals surface area (Å²) in [6.07, 6.45) is 0.0299. The number of phenolic OH excluding ortho intramolecular Hbond substituents is 1. The molecule has 2 aromatic carbocycles. The van der Waals surface area contributed by atoms with Crippen LogP contribution in [0.1, 0.15) is 24.7 Å². The van der Waals surface area contributed by atoms with Gasteiger partial charge in [0.05, 0.1) is 16.7 Å². The molecule has 4 N–H and O–H groups in total. The van der Waals surface area contributed by atoms with E-state index in [0.29, 0.717) is 18.0 Å². The predicted molar refractivity (Wildman–Crippen MR) is 98.0 cm³/mol. The lowest BCUT2D eigenvalue weighted by Gasteiger charge is -2.24. The molecule has 0 fully saturated rings. The zero-order valence-electron chi connectivity index (χ0n) is 14.3. The number of phenols is 1. The molecule has 1 aromatic heterocycles. The molecule has 3 aromatic rings. The van der Waals surface area contributed by atoms with Gasteiger partial charge < -0.3 is 19.9 Å². The minimum absolute atomic E-state index is 0.102. The molecule has 0 aliphatic carbocycles. The highest BCUT2D eigenvalue weighted by Crippen LogP contribution is 2.26. The number of aromatic hydroxyl groups is 1. The first-order valence-corrected chi connectivity index (χ1v) is 8.51. The smallest absolute Gasteiger partial charge is 0.161 e. The number of hydrogen-bond acceptors (Lipinski definition) is 6. The van der Waals surface area contributed by atoms with Crippen molar-refractivity contribution in [1.82, 2.24) is 15.4 Å². The van der Waals surface area contributed by atoms with Crippen LogP contribution in [0, 0.1) is 5.92 Å². The number of hydrazone groups is 1. The van der Waals surface area contributed by atoms with Gasteiger partial charge in [0.15, 0.2) is 11.5 Å². The molecule has 4 rings (SSSR count). The Morgan fingerprint density at radius 1 is 1.23 bits per heavy atom. The molecule has 0 radical (unpaired) electrons. The van der Waals surface area contributed by atoms with Crippen LogP contribution < -0.4 is 10.2 Å². The van der Waals surface area contributed by atoms with Crippen molar-refractivity contribution >= 4 is 16.7 Å². The van der Waals surface area contributed by atoms with E-state index >= 15 is 0 Å². The summed E-state index contributed by atoms with van der Waals surface area (Å²) in [5.74, 6) is 1.36. The summed E-state index contributed by atoms with van der Waals surface area (Å²) in [4.78, 5) is 7.76. The average molecular weight is 352 g/mol. The number of ether oxygens (including phenoxy) is 1. The topological polar surface area (TPSA) is 103 Å². The highest BCUT2D eigenvalue weighted by atomic mass is 16.5. The third-order valence-electron chi connectivity index (χ3n) is 4.43.